The average molecular weight is 341 g/mol. The molecule has 9 heteroatoms. The van der Waals surface area contributed by atoms with Crippen molar-refractivity contribution >= 4 is 30.4 Å². The van der Waals surface area contributed by atoms with Crippen molar-refractivity contribution in [2.45, 2.75) is 25.4 Å². The normalized spacial score (nSPS) is 13.0. The third kappa shape index (κ3) is 5.70. The molecule has 2 unspecified atom stereocenters. The highest BCUT2D eigenvalue weighted by Crippen LogP contribution is 2.25. The van der Waals surface area contributed by atoms with E-state index in [2.05, 4.69) is 23.3 Å². The summed E-state index contributed by atoms with van der Waals surface area (Å²) in [5.41, 5.74) is 5.76. The Morgan fingerprint density at radius 3 is 2.30 bits per heavy atom. The summed E-state index contributed by atoms with van der Waals surface area (Å²) in [5.74, 6) is -2.36. The number of phenolic OH excluding ortho intramolecular Hbond substituents is 2. The van der Waals surface area contributed by atoms with Crippen LogP contribution >= 0.6 is 12.6 Å². The SMILES string of the molecule is CC(=O)NC(CS)C(=O)NC(Cc1ccc(O)c(O)c1)C(N)=O. The minimum atomic E-state index is -1.04. The molecule has 0 aliphatic heterocycles. The molecule has 3 amide bonds. The van der Waals surface area contributed by atoms with E-state index in [1.165, 1.54) is 25.1 Å². The van der Waals surface area contributed by atoms with Crippen LogP contribution in [0.25, 0.3) is 0 Å². The maximum Gasteiger partial charge on any atom is 0.244 e. The van der Waals surface area contributed by atoms with E-state index >= 15 is 0 Å². The standard InChI is InChI=1S/C14H19N3O5S/c1-7(18)16-10(6-23)14(22)17-9(13(15)21)4-8-2-3-11(19)12(20)5-8/h2-3,5,9-10,19-20,23H,4,6H2,1H3,(H2,15,21)(H,16,18)(H,17,22). The van der Waals surface area contributed by atoms with Gasteiger partial charge in [0, 0.05) is 19.1 Å². The van der Waals surface area contributed by atoms with E-state index in [1.54, 1.807) is 0 Å². The number of hydrogen-bond acceptors (Lipinski definition) is 6. The maximum atomic E-state index is 12.1. The molecule has 1 rings (SSSR count). The first-order chi connectivity index (χ1) is 10.7. The zero-order valence-electron chi connectivity index (χ0n) is 12.4. The Labute approximate surface area is 138 Å². The van der Waals surface area contributed by atoms with Crippen LogP contribution in [-0.4, -0.2) is 45.8 Å². The summed E-state index contributed by atoms with van der Waals surface area (Å²) < 4.78 is 0. The molecule has 0 saturated carbocycles. The van der Waals surface area contributed by atoms with Crippen LogP contribution < -0.4 is 16.4 Å². The first kappa shape index (κ1) is 18.6. The van der Waals surface area contributed by atoms with E-state index in [0.717, 1.165) is 0 Å². The summed E-state index contributed by atoms with van der Waals surface area (Å²) in [4.78, 5) is 34.6. The van der Waals surface area contributed by atoms with E-state index in [1.807, 2.05) is 0 Å². The van der Waals surface area contributed by atoms with Crippen molar-refractivity contribution in [3.8, 4) is 11.5 Å². The van der Waals surface area contributed by atoms with Crippen molar-refractivity contribution in [1.82, 2.24) is 10.6 Å². The van der Waals surface area contributed by atoms with E-state index in [-0.39, 0.29) is 23.7 Å². The highest BCUT2D eigenvalue weighted by atomic mass is 32.1. The van der Waals surface area contributed by atoms with Crippen LogP contribution in [0.1, 0.15) is 12.5 Å². The second-order valence-electron chi connectivity index (χ2n) is 4.93. The predicted molar refractivity (Wildman–Crippen MR) is 86.1 cm³/mol. The molecule has 0 bridgehead atoms. The molecule has 23 heavy (non-hydrogen) atoms. The minimum Gasteiger partial charge on any atom is -0.504 e. The van der Waals surface area contributed by atoms with Gasteiger partial charge in [-0.3, -0.25) is 14.4 Å². The zero-order valence-corrected chi connectivity index (χ0v) is 13.3. The summed E-state index contributed by atoms with van der Waals surface area (Å²) in [6.07, 6.45) is 0.0221. The smallest absolute Gasteiger partial charge is 0.244 e. The Hall–Kier alpha value is -2.42. The molecule has 6 N–H and O–H groups in total. The van der Waals surface area contributed by atoms with Crippen LogP contribution in [0.15, 0.2) is 18.2 Å². The second-order valence-corrected chi connectivity index (χ2v) is 5.29. The van der Waals surface area contributed by atoms with Crippen molar-refractivity contribution < 1.29 is 24.6 Å². The summed E-state index contributed by atoms with van der Waals surface area (Å²) in [7, 11) is 0. The number of carbonyl (C=O) groups excluding carboxylic acids is 3. The topological polar surface area (TPSA) is 142 Å². The van der Waals surface area contributed by atoms with E-state index in [0.29, 0.717) is 5.56 Å². The first-order valence-corrected chi connectivity index (χ1v) is 7.36. The second kappa shape index (κ2) is 8.28. The number of aromatic hydroxyl groups is 2. The third-order valence-corrected chi connectivity index (χ3v) is 3.38. The third-order valence-electron chi connectivity index (χ3n) is 3.02. The Morgan fingerprint density at radius 1 is 1.17 bits per heavy atom. The molecule has 0 saturated heterocycles. The summed E-state index contributed by atoms with van der Waals surface area (Å²) in [6, 6.07) is 2.08. The fourth-order valence-electron chi connectivity index (χ4n) is 1.87. The number of amides is 3. The number of thiol groups is 1. The molecule has 2 atom stereocenters. The minimum absolute atomic E-state index is 0.0221. The molecule has 8 nitrogen and oxygen atoms in total. The van der Waals surface area contributed by atoms with Gasteiger partial charge in [-0.2, -0.15) is 12.6 Å². The average Bonchev–Trinajstić information content (AvgIpc) is 2.47. The number of primary amides is 1. The lowest BCUT2D eigenvalue weighted by Crippen LogP contribution is -2.54. The number of carbonyl (C=O) groups is 3. The molecule has 1 aromatic rings. The van der Waals surface area contributed by atoms with Gasteiger partial charge in [0.05, 0.1) is 0 Å². The molecule has 1 aromatic carbocycles. The van der Waals surface area contributed by atoms with Crippen LogP contribution in [0.2, 0.25) is 0 Å². The van der Waals surface area contributed by atoms with Gasteiger partial charge in [-0.1, -0.05) is 6.07 Å². The van der Waals surface area contributed by atoms with Gasteiger partial charge in [0.2, 0.25) is 17.7 Å². The van der Waals surface area contributed by atoms with Crippen LogP contribution in [-0.2, 0) is 20.8 Å². The van der Waals surface area contributed by atoms with Crippen LogP contribution in [0, 0.1) is 0 Å². The highest BCUT2D eigenvalue weighted by molar-refractivity contribution is 7.80. The molecule has 0 aliphatic rings. The summed E-state index contributed by atoms with van der Waals surface area (Å²) >= 11 is 3.98. The molecular weight excluding hydrogens is 322 g/mol. The van der Waals surface area contributed by atoms with Gasteiger partial charge >= 0.3 is 0 Å². The molecular formula is C14H19N3O5S. The van der Waals surface area contributed by atoms with Crippen molar-refractivity contribution in [1.29, 1.82) is 0 Å². The van der Waals surface area contributed by atoms with Crippen LogP contribution in [0.5, 0.6) is 11.5 Å². The van der Waals surface area contributed by atoms with Gasteiger partial charge in [-0.05, 0) is 17.7 Å². The zero-order chi connectivity index (χ0) is 17.6. The van der Waals surface area contributed by atoms with Gasteiger partial charge in [-0.15, -0.1) is 0 Å². The summed E-state index contributed by atoms with van der Waals surface area (Å²) in [5, 5.41) is 23.5. The molecule has 0 heterocycles. The van der Waals surface area contributed by atoms with Gasteiger partial charge < -0.3 is 26.6 Å². The van der Waals surface area contributed by atoms with Crippen molar-refractivity contribution in [3.63, 3.8) is 0 Å². The Balaban J connectivity index is 2.82. The Morgan fingerprint density at radius 2 is 1.83 bits per heavy atom. The van der Waals surface area contributed by atoms with E-state index in [4.69, 9.17) is 5.73 Å². The van der Waals surface area contributed by atoms with Crippen molar-refractivity contribution in [2.24, 2.45) is 5.73 Å². The largest absolute Gasteiger partial charge is 0.504 e. The van der Waals surface area contributed by atoms with Gasteiger partial charge in [0.25, 0.3) is 0 Å². The molecule has 0 spiro atoms. The first-order valence-electron chi connectivity index (χ1n) is 6.73. The predicted octanol–water partition coefficient (Wildman–Crippen LogP) is -0.955. The Bertz CT molecular complexity index is 608. The number of rotatable bonds is 7. The van der Waals surface area contributed by atoms with Gasteiger partial charge in [0.15, 0.2) is 11.5 Å². The van der Waals surface area contributed by atoms with Crippen LogP contribution in [0.4, 0.5) is 0 Å². The van der Waals surface area contributed by atoms with Gasteiger partial charge in [-0.25, -0.2) is 0 Å². The quantitative estimate of drug-likeness (QED) is 0.280. The van der Waals surface area contributed by atoms with E-state index in [9.17, 15) is 24.6 Å². The molecule has 0 radical (unpaired) electrons. The molecule has 0 fully saturated rings. The number of nitrogens with one attached hydrogen (secondary N) is 2. The fraction of sp³-hybridized carbons (Fsp3) is 0.357. The lowest BCUT2D eigenvalue weighted by atomic mass is 10.0. The number of phenols is 2. The number of hydrogen-bond donors (Lipinski definition) is 6. The lowest BCUT2D eigenvalue weighted by Gasteiger charge is -2.20. The fourth-order valence-corrected chi connectivity index (χ4v) is 2.12. The molecule has 126 valence electrons. The van der Waals surface area contributed by atoms with Crippen molar-refractivity contribution in [2.75, 3.05) is 5.75 Å². The number of benzene rings is 1. The van der Waals surface area contributed by atoms with Crippen molar-refractivity contribution in [3.05, 3.63) is 23.8 Å². The summed E-state index contributed by atoms with van der Waals surface area (Å²) in [6.45, 7) is 1.26. The monoisotopic (exact) mass is 341 g/mol. The number of nitrogens with two attached hydrogens (primary N) is 1. The molecule has 0 aromatic heterocycles. The maximum absolute atomic E-state index is 12.1. The van der Waals surface area contributed by atoms with E-state index < -0.39 is 29.8 Å². The highest BCUT2D eigenvalue weighted by Gasteiger charge is 2.24. The molecule has 0 aliphatic carbocycles. The Kier molecular flexibility index (Phi) is 6.70. The van der Waals surface area contributed by atoms with Gasteiger partial charge in [0.1, 0.15) is 12.1 Å². The lowest BCUT2D eigenvalue weighted by molar-refractivity contribution is -0.130. The van der Waals surface area contributed by atoms with Crippen LogP contribution in [0.3, 0.4) is 0 Å².